The standard InChI is InChI=1S/C14H20N2/c1-3-16-10-12(5-4-8-15)13-9-11(2)6-7-14(13)16/h6-7,9-10H,3-5,8,15H2,1-2H3. The van der Waals surface area contributed by atoms with Gasteiger partial charge in [-0.1, -0.05) is 11.6 Å². The van der Waals surface area contributed by atoms with Gasteiger partial charge in [0.1, 0.15) is 0 Å². The van der Waals surface area contributed by atoms with Crippen molar-refractivity contribution in [3.8, 4) is 0 Å². The fourth-order valence-corrected chi connectivity index (χ4v) is 2.24. The van der Waals surface area contributed by atoms with Crippen molar-refractivity contribution in [1.29, 1.82) is 0 Å². The molecular weight excluding hydrogens is 196 g/mol. The summed E-state index contributed by atoms with van der Waals surface area (Å²) >= 11 is 0. The number of nitrogens with zero attached hydrogens (tertiary/aromatic N) is 1. The minimum absolute atomic E-state index is 0.768. The average molecular weight is 216 g/mol. The van der Waals surface area contributed by atoms with Crippen molar-refractivity contribution in [3.63, 3.8) is 0 Å². The molecule has 0 saturated heterocycles. The van der Waals surface area contributed by atoms with Crippen LogP contribution in [0.25, 0.3) is 10.9 Å². The van der Waals surface area contributed by atoms with E-state index in [0.29, 0.717) is 0 Å². The first-order valence-electron chi connectivity index (χ1n) is 6.04. The Kier molecular flexibility index (Phi) is 3.30. The summed E-state index contributed by atoms with van der Waals surface area (Å²) in [4.78, 5) is 0. The van der Waals surface area contributed by atoms with Crippen molar-refractivity contribution in [1.82, 2.24) is 4.57 Å². The Hall–Kier alpha value is -1.28. The first-order chi connectivity index (χ1) is 7.76. The molecule has 2 aromatic rings. The number of fused-ring (bicyclic) bond motifs is 1. The second-order valence-corrected chi connectivity index (χ2v) is 4.35. The molecule has 2 heteroatoms. The van der Waals surface area contributed by atoms with Crippen molar-refractivity contribution in [2.24, 2.45) is 5.73 Å². The van der Waals surface area contributed by atoms with Crippen LogP contribution in [0.2, 0.25) is 0 Å². The molecule has 0 aliphatic carbocycles. The fourth-order valence-electron chi connectivity index (χ4n) is 2.24. The average Bonchev–Trinajstić information content (AvgIpc) is 2.64. The molecule has 2 nitrogen and oxygen atoms in total. The van der Waals surface area contributed by atoms with Gasteiger partial charge in [-0.3, -0.25) is 0 Å². The van der Waals surface area contributed by atoms with E-state index in [4.69, 9.17) is 5.73 Å². The minimum atomic E-state index is 0.768. The second-order valence-electron chi connectivity index (χ2n) is 4.35. The van der Waals surface area contributed by atoms with Crippen LogP contribution in [-0.2, 0) is 13.0 Å². The van der Waals surface area contributed by atoms with Gasteiger partial charge in [0.05, 0.1) is 0 Å². The third kappa shape index (κ3) is 1.98. The highest BCUT2D eigenvalue weighted by atomic mass is 14.9. The third-order valence-corrected chi connectivity index (χ3v) is 3.11. The molecule has 2 rings (SSSR count). The van der Waals surface area contributed by atoms with E-state index in [2.05, 4.69) is 42.8 Å². The molecule has 1 aromatic carbocycles. The van der Waals surface area contributed by atoms with Gasteiger partial charge in [-0.05, 0) is 50.9 Å². The summed E-state index contributed by atoms with van der Waals surface area (Å²) in [6.07, 6.45) is 4.43. The van der Waals surface area contributed by atoms with Gasteiger partial charge in [-0.2, -0.15) is 0 Å². The molecule has 0 fully saturated rings. The predicted octanol–water partition coefficient (Wildman–Crippen LogP) is 2.86. The second kappa shape index (κ2) is 4.71. The Morgan fingerprint density at radius 2 is 2.12 bits per heavy atom. The van der Waals surface area contributed by atoms with Gasteiger partial charge in [0, 0.05) is 23.6 Å². The van der Waals surface area contributed by atoms with Crippen LogP contribution in [0, 0.1) is 6.92 Å². The molecule has 16 heavy (non-hydrogen) atoms. The summed E-state index contributed by atoms with van der Waals surface area (Å²) in [5.74, 6) is 0. The maximum atomic E-state index is 5.58. The van der Waals surface area contributed by atoms with Crippen molar-refractivity contribution in [2.75, 3.05) is 6.54 Å². The Labute approximate surface area is 97.1 Å². The number of hydrogen-bond acceptors (Lipinski definition) is 1. The number of hydrogen-bond donors (Lipinski definition) is 1. The molecule has 0 bridgehead atoms. The van der Waals surface area contributed by atoms with Crippen LogP contribution >= 0.6 is 0 Å². The predicted molar refractivity (Wildman–Crippen MR) is 69.7 cm³/mol. The normalized spacial score (nSPS) is 11.2. The maximum Gasteiger partial charge on any atom is 0.0483 e. The highest BCUT2D eigenvalue weighted by Gasteiger charge is 2.07. The van der Waals surface area contributed by atoms with E-state index in [1.54, 1.807) is 0 Å². The van der Waals surface area contributed by atoms with Gasteiger partial charge in [0.15, 0.2) is 0 Å². The molecule has 0 aliphatic heterocycles. The van der Waals surface area contributed by atoms with Crippen LogP contribution in [-0.4, -0.2) is 11.1 Å². The molecule has 0 amide bonds. The molecule has 1 aromatic heterocycles. The van der Waals surface area contributed by atoms with Gasteiger partial charge in [0.25, 0.3) is 0 Å². The van der Waals surface area contributed by atoms with Crippen LogP contribution in [0.3, 0.4) is 0 Å². The topological polar surface area (TPSA) is 30.9 Å². The first kappa shape index (κ1) is 11.2. The Morgan fingerprint density at radius 1 is 1.31 bits per heavy atom. The molecule has 86 valence electrons. The minimum Gasteiger partial charge on any atom is -0.347 e. The van der Waals surface area contributed by atoms with Gasteiger partial charge in [-0.25, -0.2) is 0 Å². The number of benzene rings is 1. The van der Waals surface area contributed by atoms with E-state index in [9.17, 15) is 0 Å². The van der Waals surface area contributed by atoms with Crippen molar-refractivity contribution in [3.05, 3.63) is 35.5 Å². The van der Waals surface area contributed by atoms with Gasteiger partial charge >= 0.3 is 0 Å². The van der Waals surface area contributed by atoms with E-state index in [0.717, 1.165) is 25.9 Å². The zero-order valence-electron chi connectivity index (χ0n) is 10.2. The summed E-state index contributed by atoms with van der Waals surface area (Å²) in [5.41, 5.74) is 9.70. The molecule has 2 N–H and O–H groups in total. The Bertz CT molecular complexity index is 483. The van der Waals surface area contributed by atoms with Gasteiger partial charge in [-0.15, -0.1) is 0 Å². The number of aromatic nitrogens is 1. The first-order valence-corrected chi connectivity index (χ1v) is 6.04. The van der Waals surface area contributed by atoms with E-state index in [1.165, 1.54) is 22.0 Å². The molecule has 1 heterocycles. The third-order valence-electron chi connectivity index (χ3n) is 3.11. The van der Waals surface area contributed by atoms with Crippen LogP contribution in [0.5, 0.6) is 0 Å². The Morgan fingerprint density at radius 3 is 2.81 bits per heavy atom. The molecular formula is C14H20N2. The number of aryl methyl sites for hydroxylation is 3. The van der Waals surface area contributed by atoms with Crippen LogP contribution in [0.15, 0.2) is 24.4 Å². The van der Waals surface area contributed by atoms with Crippen molar-refractivity contribution < 1.29 is 0 Å². The molecule has 0 spiro atoms. The summed E-state index contributed by atoms with van der Waals surface area (Å²) in [6.45, 7) is 6.13. The lowest BCUT2D eigenvalue weighted by atomic mass is 10.1. The quantitative estimate of drug-likeness (QED) is 0.837. The van der Waals surface area contributed by atoms with Crippen molar-refractivity contribution >= 4 is 10.9 Å². The molecule has 0 atom stereocenters. The van der Waals surface area contributed by atoms with Crippen LogP contribution < -0.4 is 5.73 Å². The molecule has 0 aliphatic rings. The zero-order valence-corrected chi connectivity index (χ0v) is 10.2. The lowest BCUT2D eigenvalue weighted by Gasteiger charge is -2.00. The number of nitrogens with two attached hydrogens (primary N) is 1. The van der Waals surface area contributed by atoms with Crippen LogP contribution in [0.4, 0.5) is 0 Å². The summed E-state index contributed by atoms with van der Waals surface area (Å²) in [5, 5.41) is 1.40. The van der Waals surface area contributed by atoms with Crippen molar-refractivity contribution in [2.45, 2.75) is 33.2 Å². The lowest BCUT2D eigenvalue weighted by Crippen LogP contribution is -2.00. The number of rotatable bonds is 4. The zero-order chi connectivity index (χ0) is 11.5. The van der Waals surface area contributed by atoms with E-state index >= 15 is 0 Å². The smallest absolute Gasteiger partial charge is 0.0483 e. The summed E-state index contributed by atoms with van der Waals surface area (Å²) < 4.78 is 2.32. The molecule has 0 radical (unpaired) electrons. The Balaban J connectivity index is 2.50. The van der Waals surface area contributed by atoms with E-state index in [1.807, 2.05) is 0 Å². The maximum absolute atomic E-state index is 5.58. The summed E-state index contributed by atoms with van der Waals surface area (Å²) in [7, 11) is 0. The summed E-state index contributed by atoms with van der Waals surface area (Å²) in [6, 6.07) is 6.69. The van der Waals surface area contributed by atoms with E-state index in [-0.39, 0.29) is 0 Å². The van der Waals surface area contributed by atoms with E-state index < -0.39 is 0 Å². The largest absolute Gasteiger partial charge is 0.347 e. The van der Waals surface area contributed by atoms with Gasteiger partial charge < -0.3 is 10.3 Å². The monoisotopic (exact) mass is 216 g/mol. The lowest BCUT2D eigenvalue weighted by molar-refractivity contribution is 0.781. The fraction of sp³-hybridized carbons (Fsp3) is 0.429. The highest BCUT2D eigenvalue weighted by Crippen LogP contribution is 2.23. The van der Waals surface area contributed by atoms with Gasteiger partial charge in [0.2, 0.25) is 0 Å². The molecule has 0 saturated carbocycles. The van der Waals surface area contributed by atoms with Crippen LogP contribution in [0.1, 0.15) is 24.5 Å². The molecule has 0 unspecified atom stereocenters. The highest BCUT2D eigenvalue weighted by molar-refractivity contribution is 5.84. The SMILES string of the molecule is CCn1cc(CCCN)c2cc(C)ccc21.